The third-order valence-electron chi connectivity index (χ3n) is 11.2. The Balaban J connectivity index is 1.40. The Morgan fingerprint density at radius 3 is 2.31 bits per heavy atom. The summed E-state index contributed by atoms with van der Waals surface area (Å²) in [7, 11) is 0. The lowest BCUT2D eigenvalue weighted by Crippen LogP contribution is -2.54. The van der Waals surface area contributed by atoms with E-state index < -0.39 is 30.4 Å². The summed E-state index contributed by atoms with van der Waals surface area (Å²) in [6.45, 7) is 7.26. The molecule has 4 fully saturated rings. The minimum atomic E-state index is -1.10. The van der Waals surface area contributed by atoms with Crippen molar-refractivity contribution in [2.24, 2.45) is 52.1 Å². The van der Waals surface area contributed by atoms with Crippen molar-refractivity contribution in [2.45, 2.75) is 110 Å². The van der Waals surface area contributed by atoms with Crippen LogP contribution in [-0.2, 0) is 19.1 Å². The van der Waals surface area contributed by atoms with Crippen LogP contribution in [0.15, 0.2) is 0 Å². The highest BCUT2D eigenvalue weighted by Crippen LogP contribution is 2.68. The zero-order chi connectivity index (χ0) is 25.5. The van der Waals surface area contributed by atoms with Crippen molar-refractivity contribution in [3.63, 3.8) is 0 Å². The highest BCUT2D eigenvalue weighted by Gasteiger charge is 2.60. The number of carbonyl (C=O) groups is 3. The maximum Gasteiger partial charge on any atom is 0.323 e. The summed E-state index contributed by atoms with van der Waals surface area (Å²) in [5.74, 6) is 1.45. The first-order valence-electron chi connectivity index (χ1n) is 13.9. The van der Waals surface area contributed by atoms with Gasteiger partial charge in [-0.15, -0.1) is 0 Å². The van der Waals surface area contributed by atoms with Gasteiger partial charge in [0.1, 0.15) is 12.1 Å². The van der Waals surface area contributed by atoms with Gasteiger partial charge in [-0.05, 0) is 111 Å². The molecule has 4 aliphatic carbocycles. The van der Waals surface area contributed by atoms with Crippen LogP contribution in [0, 0.1) is 46.3 Å². The fourth-order valence-electron chi connectivity index (χ4n) is 9.38. The van der Waals surface area contributed by atoms with Gasteiger partial charge in [-0.3, -0.25) is 14.4 Å². The standard InChI is InChI=1S/C28H45NO6/c1-16(4-9-24(30)31)20-7-8-21-19-6-5-17-14-18(35-26(34)23(29)15-25(32)33)10-12-27(17,2)22(19)11-13-28(20,21)3/h16-23H,4-15,29H2,1-3H3,(H,30,31)(H,32,33)/t16-,17-,18+,19+,20?,21+,22+,23+,27+,28-/m1/s1. The van der Waals surface area contributed by atoms with Crippen LogP contribution in [0.4, 0.5) is 0 Å². The van der Waals surface area contributed by atoms with Gasteiger partial charge < -0.3 is 20.7 Å². The van der Waals surface area contributed by atoms with Gasteiger partial charge in [-0.1, -0.05) is 20.8 Å². The van der Waals surface area contributed by atoms with Crippen LogP contribution < -0.4 is 5.73 Å². The number of carboxylic acids is 2. The molecule has 1 unspecified atom stereocenters. The molecule has 0 aromatic heterocycles. The molecule has 7 heteroatoms. The molecule has 4 saturated carbocycles. The summed E-state index contributed by atoms with van der Waals surface area (Å²) in [4.78, 5) is 34.3. The highest BCUT2D eigenvalue weighted by molar-refractivity contribution is 5.81. The summed E-state index contributed by atoms with van der Waals surface area (Å²) in [6.07, 6.45) is 10.7. The predicted octanol–water partition coefficient (Wildman–Crippen LogP) is 4.86. The summed E-state index contributed by atoms with van der Waals surface area (Å²) in [6, 6.07) is -1.10. The smallest absolute Gasteiger partial charge is 0.323 e. The van der Waals surface area contributed by atoms with E-state index in [4.69, 9.17) is 20.7 Å². The van der Waals surface area contributed by atoms with Crippen LogP contribution in [0.5, 0.6) is 0 Å². The van der Waals surface area contributed by atoms with Crippen LogP contribution in [0.1, 0.15) is 97.8 Å². The third kappa shape index (κ3) is 4.99. The second-order valence-electron chi connectivity index (χ2n) is 12.8. The molecule has 7 nitrogen and oxygen atoms in total. The van der Waals surface area contributed by atoms with E-state index in [1.54, 1.807) is 0 Å². The van der Waals surface area contributed by atoms with E-state index in [-0.39, 0.29) is 17.9 Å². The Morgan fingerprint density at radius 1 is 0.943 bits per heavy atom. The van der Waals surface area contributed by atoms with E-state index in [0.717, 1.165) is 37.5 Å². The summed E-state index contributed by atoms with van der Waals surface area (Å²) >= 11 is 0. The molecule has 0 aromatic rings. The molecule has 4 aliphatic rings. The lowest BCUT2D eigenvalue weighted by Gasteiger charge is -2.61. The molecule has 0 bridgehead atoms. The summed E-state index contributed by atoms with van der Waals surface area (Å²) < 4.78 is 5.68. The van der Waals surface area contributed by atoms with Crippen molar-refractivity contribution in [3.05, 3.63) is 0 Å². The lowest BCUT2D eigenvalue weighted by molar-refractivity contribution is -0.165. The minimum Gasteiger partial charge on any atom is -0.481 e. The van der Waals surface area contributed by atoms with Gasteiger partial charge in [0.25, 0.3) is 0 Å². The first-order valence-corrected chi connectivity index (χ1v) is 13.9. The molecule has 4 N–H and O–H groups in total. The van der Waals surface area contributed by atoms with Crippen molar-refractivity contribution in [2.75, 3.05) is 0 Å². The first-order chi connectivity index (χ1) is 16.5. The molecule has 0 aromatic carbocycles. The van der Waals surface area contributed by atoms with Crippen LogP contribution in [0.25, 0.3) is 0 Å². The fraction of sp³-hybridized carbons (Fsp3) is 0.893. The zero-order valence-corrected chi connectivity index (χ0v) is 21.7. The van der Waals surface area contributed by atoms with Crippen molar-refractivity contribution in [1.82, 2.24) is 0 Å². The predicted molar refractivity (Wildman–Crippen MR) is 131 cm³/mol. The van der Waals surface area contributed by atoms with Gasteiger partial charge in [0.15, 0.2) is 0 Å². The summed E-state index contributed by atoms with van der Waals surface area (Å²) in [5, 5.41) is 18.1. The van der Waals surface area contributed by atoms with Gasteiger partial charge in [0, 0.05) is 6.42 Å². The van der Waals surface area contributed by atoms with E-state index >= 15 is 0 Å². The number of aliphatic carboxylic acids is 2. The number of fused-ring (bicyclic) bond motifs is 5. The Hall–Kier alpha value is -1.63. The normalized spacial score (nSPS) is 42.2. The number of nitrogens with two attached hydrogens (primary N) is 1. The monoisotopic (exact) mass is 491 g/mol. The van der Waals surface area contributed by atoms with E-state index in [1.165, 1.54) is 38.5 Å². The third-order valence-corrected chi connectivity index (χ3v) is 11.2. The maximum absolute atomic E-state index is 12.3. The average molecular weight is 492 g/mol. The molecule has 0 heterocycles. The zero-order valence-electron chi connectivity index (χ0n) is 21.7. The Kier molecular flexibility index (Phi) is 7.57. The largest absolute Gasteiger partial charge is 0.481 e. The summed E-state index contributed by atoms with van der Waals surface area (Å²) in [5.41, 5.74) is 6.32. The number of carboxylic acid groups (broad SMARTS) is 2. The van der Waals surface area contributed by atoms with Crippen LogP contribution in [-0.4, -0.2) is 40.3 Å². The van der Waals surface area contributed by atoms with Gasteiger partial charge in [-0.2, -0.15) is 0 Å². The van der Waals surface area contributed by atoms with Crippen molar-refractivity contribution in [3.8, 4) is 0 Å². The highest BCUT2D eigenvalue weighted by atomic mass is 16.5. The topological polar surface area (TPSA) is 127 Å². The van der Waals surface area contributed by atoms with Crippen LogP contribution >= 0.6 is 0 Å². The number of hydrogen-bond acceptors (Lipinski definition) is 5. The second kappa shape index (κ2) is 10.0. The van der Waals surface area contributed by atoms with Crippen LogP contribution in [0.3, 0.4) is 0 Å². The van der Waals surface area contributed by atoms with Gasteiger partial charge >= 0.3 is 17.9 Å². The molecule has 0 spiro atoms. The van der Waals surface area contributed by atoms with Crippen molar-refractivity contribution < 1.29 is 29.3 Å². The van der Waals surface area contributed by atoms with Gasteiger partial charge in [0.05, 0.1) is 6.42 Å². The number of esters is 1. The van der Waals surface area contributed by atoms with Gasteiger partial charge in [-0.25, -0.2) is 0 Å². The molecule has 0 saturated heterocycles. The lowest BCUT2D eigenvalue weighted by atomic mass is 9.44. The molecular formula is C28H45NO6. The number of hydrogen-bond donors (Lipinski definition) is 3. The molecule has 35 heavy (non-hydrogen) atoms. The van der Waals surface area contributed by atoms with Crippen molar-refractivity contribution >= 4 is 17.9 Å². The quantitative estimate of drug-likeness (QED) is 0.414. The Labute approximate surface area is 209 Å². The fourth-order valence-corrected chi connectivity index (χ4v) is 9.38. The van der Waals surface area contributed by atoms with E-state index in [2.05, 4.69) is 20.8 Å². The van der Waals surface area contributed by atoms with Crippen LogP contribution in [0.2, 0.25) is 0 Å². The van der Waals surface area contributed by atoms with Gasteiger partial charge in [0.2, 0.25) is 0 Å². The maximum atomic E-state index is 12.3. The Bertz CT molecular complexity index is 830. The average Bonchev–Trinajstić information content (AvgIpc) is 3.14. The molecular weight excluding hydrogens is 446 g/mol. The molecule has 198 valence electrons. The molecule has 4 rings (SSSR count). The molecule has 0 aliphatic heterocycles. The first kappa shape index (κ1) is 26.4. The van der Waals surface area contributed by atoms with Crippen molar-refractivity contribution in [1.29, 1.82) is 0 Å². The Morgan fingerprint density at radius 2 is 1.63 bits per heavy atom. The molecule has 0 radical (unpaired) electrons. The van der Waals surface area contributed by atoms with E-state index in [0.29, 0.717) is 29.1 Å². The van der Waals surface area contributed by atoms with E-state index in [1.807, 2.05) is 0 Å². The van der Waals surface area contributed by atoms with E-state index in [9.17, 15) is 14.4 Å². The number of carbonyl (C=O) groups excluding carboxylic acids is 1. The second-order valence-corrected chi connectivity index (χ2v) is 12.8. The number of rotatable bonds is 8. The molecule has 0 amide bonds. The number of ether oxygens (including phenoxy) is 1. The minimum absolute atomic E-state index is 0.156. The SMILES string of the molecule is C[C@H](CCC(=O)O)C1CC[C@H]2[C@@H]3CC[C@@H]4C[C@@H](OC(=O)[C@@H](N)CC(=O)O)CC[C@]4(C)[C@H]3CC[C@]12C. The molecule has 10 atom stereocenters.